The number of fused-ring (bicyclic) bond motifs is 2. The molecule has 23 heteroatoms. The molecule has 4 heterocycles. The highest BCUT2D eigenvalue weighted by Gasteiger charge is 2.42. The minimum atomic E-state index is -0.139. The van der Waals surface area contributed by atoms with E-state index in [1.54, 1.807) is 0 Å². The number of amides is 7. The molecule has 2 aromatic rings. The second-order valence-corrected chi connectivity index (χ2v) is 21.0. The predicted octanol–water partition coefficient (Wildman–Crippen LogP) is 4.19. The van der Waals surface area contributed by atoms with Crippen LogP contribution < -0.4 is 37.2 Å². The molecule has 22 nitrogen and oxygen atoms in total. The Morgan fingerprint density at radius 2 is 1.02 bits per heavy atom. The zero-order valence-corrected chi connectivity index (χ0v) is 47.9. The molecule has 3 aliphatic heterocycles. The first-order valence-corrected chi connectivity index (χ1v) is 29.9. The molecule has 0 bridgehead atoms. The number of nitrogens with one attached hydrogen (secondary N) is 8. The maximum atomic E-state index is 12.6. The standard InChI is InChI=1S/C57H90N8O14S/c1-43-41-62-48(40-46-45-12-6-7-13-47(45)63-56(46)70)44(43)18-19-54(69)61-23-25-73-27-29-75-31-33-77-35-37-79-39-38-78-36-34-76-32-30-74-28-26-72-24-22-60-53(68)16-5-3-11-20-58-51(66)15-4-2-10-21-59-52(67)17-9-8-14-50-55-49(42-80-50)64-57(71)65-55/h6-7,12-13,40-41,49-50,55,62H,2-5,8-11,14-39,42H2,1H3,(H,58,66)(H,59,67)(H,60,68)(H,61,69)(H,63,70)(H2,64,65,71)/t49-,50-,55-/m0/s1. The van der Waals surface area contributed by atoms with Crippen molar-refractivity contribution in [1.82, 2.24) is 36.9 Å². The number of rotatable bonds is 48. The highest BCUT2D eigenvalue weighted by atomic mass is 32.2. The van der Waals surface area contributed by atoms with Crippen molar-refractivity contribution in [1.29, 1.82) is 0 Å². The third-order valence-electron chi connectivity index (χ3n) is 13.5. The Bertz CT molecular complexity index is 2170. The van der Waals surface area contributed by atoms with Crippen LogP contribution in [0.3, 0.4) is 0 Å². The van der Waals surface area contributed by atoms with E-state index in [0.717, 1.165) is 91.6 Å². The zero-order valence-electron chi connectivity index (χ0n) is 47.1. The third-order valence-corrected chi connectivity index (χ3v) is 15.0. The number of hydrogen-bond donors (Lipinski definition) is 8. The Balaban J connectivity index is 0.660. The first-order chi connectivity index (χ1) is 39.2. The maximum Gasteiger partial charge on any atom is 0.315 e. The molecule has 0 unspecified atom stereocenters. The van der Waals surface area contributed by atoms with Gasteiger partial charge in [0.25, 0.3) is 5.91 Å². The Morgan fingerprint density at radius 3 is 1.55 bits per heavy atom. The number of ether oxygens (including phenoxy) is 8. The van der Waals surface area contributed by atoms with Gasteiger partial charge in [-0.1, -0.05) is 37.5 Å². The molecule has 0 spiro atoms. The monoisotopic (exact) mass is 1140 g/mol. The summed E-state index contributed by atoms with van der Waals surface area (Å²) in [5.41, 5.74) is 5.15. The van der Waals surface area contributed by atoms with Gasteiger partial charge >= 0.3 is 6.03 Å². The molecule has 1 aromatic heterocycles. The topological polar surface area (TPSA) is 276 Å². The Morgan fingerprint density at radius 1 is 0.562 bits per heavy atom. The molecule has 3 atom stereocenters. The molecule has 0 radical (unpaired) electrons. The summed E-state index contributed by atoms with van der Waals surface area (Å²) in [6.07, 6.45) is 13.8. The van der Waals surface area contributed by atoms with Crippen molar-refractivity contribution in [2.24, 2.45) is 0 Å². The number of aromatic nitrogens is 1. The SMILES string of the molecule is Cc1c[nH]c(C=C2C(=O)Nc3ccccc32)c1CCC(=O)NCCOCCOCCOCCOCCOCCOCCOCCOCCNC(=O)CCCCCNC(=O)CCCCCNC(=O)CCCC[C@@H]1SC[C@@H]2NC(=O)N[C@@H]21. The lowest BCUT2D eigenvalue weighted by atomic mass is 10.0. The summed E-state index contributed by atoms with van der Waals surface area (Å²) >= 11 is 1.90. The van der Waals surface area contributed by atoms with Crippen LogP contribution >= 0.6 is 11.8 Å². The van der Waals surface area contributed by atoms with Crippen molar-refractivity contribution >= 4 is 64.7 Å². The minimum absolute atomic E-state index is 0.0114. The molecule has 2 saturated heterocycles. The number of aryl methyl sites for hydroxylation is 1. The number of unbranched alkanes of at least 4 members (excludes halogenated alkanes) is 5. The van der Waals surface area contributed by atoms with Gasteiger partial charge in [0.05, 0.1) is 123 Å². The number of hydrogen-bond acceptors (Lipinski definition) is 15. The van der Waals surface area contributed by atoms with E-state index in [2.05, 4.69) is 42.2 Å². The molecule has 5 rings (SSSR count). The molecular weight excluding hydrogens is 1050 g/mol. The zero-order chi connectivity index (χ0) is 56.7. The van der Waals surface area contributed by atoms with Crippen LogP contribution in [0.5, 0.6) is 0 Å². The highest BCUT2D eigenvalue weighted by Crippen LogP contribution is 2.34. The number of thioether (sulfide) groups is 1. The van der Waals surface area contributed by atoms with Gasteiger partial charge in [-0.15, -0.1) is 0 Å². The Kier molecular flexibility index (Phi) is 33.6. The van der Waals surface area contributed by atoms with Crippen LogP contribution in [-0.4, -0.2) is 196 Å². The molecule has 80 heavy (non-hydrogen) atoms. The smallest absolute Gasteiger partial charge is 0.315 e. The van der Waals surface area contributed by atoms with E-state index in [1.807, 2.05) is 55.2 Å². The fraction of sp³-hybridized carbons (Fsp3) is 0.684. The van der Waals surface area contributed by atoms with Gasteiger partial charge in [-0.2, -0.15) is 11.8 Å². The van der Waals surface area contributed by atoms with Gasteiger partial charge in [-0.05, 0) is 75.1 Å². The molecule has 448 valence electrons. The molecule has 1 aromatic carbocycles. The van der Waals surface area contributed by atoms with Gasteiger partial charge in [0.15, 0.2) is 0 Å². The Hall–Kier alpha value is -5.11. The number of para-hydroxylation sites is 1. The van der Waals surface area contributed by atoms with Crippen molar-refractivity contribution in [3.63, 3.8) is 0 Å². The number of benzene rings is 1. The van der Waals surface area contributed by atoms with Gasteiger partial charge in [0, 0.05) is 86.0 Å². The average molecular weight is 1140 g/mol. The van der Waals surface area contributed by atoms with E-state index in [1.165, 1.54) is 0 Å². The van der Waals surface area contributed by atoms with Crippen molar-refractivity contribution < 1.29 is 66.7 Å². The summed E-state index contributed by atoms with van der Waals surface area (Å²) < 4.78 is 44.3. The number of carbonyl (C=O) groups is 6. The maximum absolute atomic E-state index is 12.6. The van der Waals surface area contributed by atoms with Crippen LogP contribution in [0, 0.1) is 6.92 Å². The van der Waals surface area contributed by atoms with E-state index in [4.69, 9.17) is 37.9 Å². The number of carbonyl (C=O) groups excluding carboxylic acids is 6. The number of urea groups is 1. The summed E-state index contributed by atoms with van der Waals surface area (Å²) in [6, 6.07) is 7.97. The molecule has 0 aliphatic carbocycles. The van der Waals surface area contributed by atoms with Crippen LogP contribution in [0.15, 0.2) is 30.5 Å². The van der Waals surface area contributed by atoms with Crippen molar-refractivity contribution in [2.75, 3.05) is 143 Å². The lowest BCUT2D eigenvalue weighted by Crippen LogP contribution is -2.36. The molecule has 8 N–H and O–H groups in total. The van der Waals surface area contributed by atoms with Crippen LogP contribution in [-0.2, 0) is 68.3 Å². The number of aromatic amines is 1. The van der Waals surface area contributed by atoms with E-state index in [9.17, 15) is 28.8 Å². The fourth-order valence-corrected chi connectivity index (χ4v) is 10.7. The fourth-order valence-electron chi connectivity index (χ4n) is 9.12. The molecule has 7 amide bonds. The lowest BCUT2D eigenvalue weighted by Gasteiger charge is -2.16. The summed E-state index contributed by atoms with van der Waals surface area (Å²) in [5.74, 6) is 0.844. The second kappa shape index (κ2) is 41.0. The largest absolute Gasteiger partial charge is 0.377 e. The van der Waals surface area contributed by atoms with Crippen LogP contribution in [0.4, 0.5) is 10.5 Å². The number of H-pyrrole nitrogens is 1. The van der Waals surface area contributed by atoms with Crippen LogP contribution in [0.25, 0.3) is 11.6 Å². The minimum Gasteiger partial charge on any atom is -0.377 e. The van der Waals surface area contributed by atoms with Gasteiger partial charge in [-0.25, -0.2) is 4.79 Å². The van der Waals surface area contributed by atoms with Gasteiger partial charge in [-0.3, -0.25) is 24.0 Å². The van der Waals surface area contributed by atoms with Crippen molar-refractivity contribution in [3.05, 3.63) is 52.8 Å². The molecular formula is C57H90N8O14S. The molecule has 3 aliphatic rings. The normalized spacial score (nSPS) is 16.8. The lowest BCUT2D eigenvalue weighted by molar-refractivity contribution is -0.122. The third kappa shape index (κ3) is 27.6. The molecule has 2 fully saturated rings. The van der Waals surface area contributed by atoms with Crippen LogP contribution in [0.2, 0.25) is 0 Å². The van der Waals surface area contributed by atoms with Gasteiger partial charge < -0.3 is 80.1 Å². The van der Waals surface area contributed by atoms with E-state index in [-0.39, 0.29) is 47.7 Å². The summed E-state index contributed by atoms with van der Waals surface area (Å²) in [7, 11) is 0. The second-order valence-electron chi connectivity index (χ2n) is 19.7. The molecule has 0 saturated carbocycles. The summed E-state index contributed by atoms with van der Waals surface area (Å²) in [5, 5.41) is 21.0. The van der Waals surface area contributed by atoms with E-state index in [0.29, 0.717) is 175 Å². The van der Waals surface area contributed by atoms with Crippen molar-refractivity contribution in [3.8, 4) is 0 Å². The van der Waals surface area contributed by atoms with E-state index < -0.39 is 0 Å². The Labute approximate surface area is 476 Å². The number of anilines is 1. The van der Waals surface area contributed by atoms with Crippen molar-refractivity contribution in [2.45, 2.75) is 114 Å². The summed E-state index contributed by atoms with van der Waals surface area (Å²) in [4.78, 5) is 76.3. The highest BCUT2D eigenvalue weighted by molar-refractivity contribution is 8.00. The first kappa shape index (κ1) is 65.7. The quantitative estimate of drug-likeness (QED) is 0.0262. The first-order valence-electron chi connectivity index (χ1n) is 28.8. The predicted molar refractivity (Wildman–Crippen MR) is 306 cm³/mol. The van der Waals surface area contributed by atoms with Crippen LogP contribution in [0.1, 0.15) is 106 Å². The van der Waals surface area contributed by atoms with Gasteiger partial charge in [0.2, 0.25) is 23.6 Å². The van der Waals surface area contributed by atoms with Gasteiger partial charge in [0.1, 0.15) is 0 Å². The van der Waals surface area contributed by atoms with E-state index >= 15 is 0 Å². The summed E-state index contributed by atoms with van der Waals surface area (Å²) in [6.45, 7) is 11.0. The average Bonchev–Trinajstić information content (AvgIpc) is 4.24.